The van der Waals surface area contributed by atoms with E-state index in [-0.39, 0.29) is 12.0 Å². The van der Waals surface area contributed by atoms with E-state index < -0.39 is 0 Å². The molecule has 0 aliphatic heterocycles. The van der Waals surface area contributed by atoms with Gasteiger partial charge in [-0.15, -0.1) is 5.10 Å². The zero-order valence-corrected chi connectivity index (χ0v) is 12.0. The summed E-state index contributed by atoms with van der Waals surface area (Å²) >= 11 is 0. The third-order valence-electron chi connectivity index (χ3n) is 3.99. The van der Waals surface area contributed by atoms with E-state index in [1.807, 2.05) is 13.1 Å². The summed E-state index contributed by atoms with van der Waals surface area (Å²) in [5, 5.41) is 20.4. The lowest BCUT2D eigenvalue weighted by molar-refractivity contribution is -0.114. The number of hydrogen-bond donors (Lipinski definition) is 2. The number of ether oxygens (including phenoxy) is 1. The van der Waals surface area contributed by atoms with Crippen LogP contribution in [0.2, 0.25) is 0 Å². The van der Waals surface area contributed by atoms with Crippen LogP contribution in [0.1, 0.15) is 32.9 Å². The maximum absolute atomic E-state index is 8.82. The average molecular weight is 268 g/mol. The molecule has 1 aromatic rings. The number of rotatable bonds is 7. The van der Waals surface area contributed by atoms with Gasteiger partial charge in [0.15, 0.2) is 0 Å². The molecule has 1 aliphatic carbocycles. The molecule has 0 bridgehead atoms. The molecule has 0 amide bonds. The van der Waals surface area contributed by atoms with Crippen molar-refractivity contribution < 1.29 is 9.84 Å². The van der Waals surface area contributed by atoms with Gasteiger partial charge in [0.1, 0.15) is 0 Å². The first kappa shape index (κ1) is 14.4. The van der Waals surface area contributed by atoms with Gasteiger partial charge in [0.25, 0.3) is 0 Å². The van der Waals surface area contributed by atoms with Crippen molar-refractivity contribution in [2.24, 2.45) is 5.41 Å². The van der Waals surface area contributed by atoms with Crippen LogP contribution in [0.25, 0.3) is 0 Å². The number of aliphatic hydroxyl groups excluding tert-OH is 1. The zero-order chi connectivity index (χ0) is 13.9. The molecule has 1 saturated carbocycles. The second-order valence-electron chi connectivity index (χ2n) is 5.63. The molecule has 1 aliphatic rings. The minimum atomic E-state index is 0.0852. The van der Waals surface area contributed by atoms with Crippen molar-refractivity contribution in [3.63, 3.8) is 0 Å². The standard InChI is InChI=1S/C13H24N4O2/c1-4-19-12-7-11(13(12,2)3)14-8-10-9-17(5-6-18)16-15-10/h9,11-12,14,18H,4-8H2,1-3H3. The minimum absolute atomic E-state index is 0.0852. The molecular formula is C13H24N4O2. The van der Waals surface area contributed by atoms with Crippen molar-refractivity contribution in [3.05, 3.63) is 11.9 Å². The van der Waals surface area contributed by atoms with Crippen LogP contribution in [0.3, 0.4) is 0 Å². The minimum Gasteiger partial charge on any atom is -0.394 e. The van der Waals surface area contributed by atoms with Crippen LogP contribution in [0.15, 0.2) is 6.20 Å². The topological polar surface area (TPSA) is 72.2 Å². The molecule has 0 radical (unpaired) electrons. The Morgan fingerprint density at radius 2 is 2.37 bits per heavy atom. The number of nitrogens with one attached hydrogen (secondary N) is 1. The molecule has 108 valence electrons. The van der Waals surface area contributed by atoms with Gasteiger partial charge in [0.05, 0.1) is 24.9 Å². The molecule has 0 saturated heterocycles. The molecule has 6 heteroatoms. The molecule has 0 aromatic carbocycles. The predicted molar refractivity (Wildman–Crippen MR) is 71.5 cm³/mol. The summed E-state index contributed by atoms with van der Waals surface area (Å²) in [7, 11) is 0. The lowest BCUT2D eigenvalue weighted by atomic mass is 9.64. The fraction of sp³-hybridized carbons (Fsp3) is 0.846. The zero-order valence-electron chi connectivity index (χ0n) is 12.0. The van der Waals surface area contributed by atoms with Crippen LogP contribution in [-0.4, -0.2) is 45.5 Å². The Kier molecular flexibility index (Phi) is 4.54. The van der Waals surface area contributed by atoms with Crippen molar-refractivity contribution in [1.82, 2.24) is 20.3 Å². The van der Waals surface area contributed by atoms with Gasteiger partial charge in [-0.25, -0.2) is 4.68 Å². The molecule has 2 rings (SSSR count). The van der Waals surface area contributed by atoms with Gasteiger partial charge in [-0.1, -0.05) is 19.1 Å². The van der Waals surface area contributed by atoms with E-state index in [0.717, 1.165) is 18.7 Å². The summed E-state index contributed by atoms with van der Waals surface area (Å²) in [6.07, 6.45) is 3.26. The SMILES string of the molecule is CCOC1CC(NCc2cn(CCO)nn2)C1(C)C. The Morgan fingerprint density at radius 3 is 3.00 bits per heavy atom. The maximum atomic E-state index is 8.82. The Bertz CT molecular complexity index is 405. The quantitative estimate of drug-likeness (QED) is 0.756. The van der Waals surface area contributed by atoms with Gasteiger partial charge in [-0.2, -0.15) is 0 Å². The summed E-state index contributed by atoms with van der Waals surface area (Å²) in [4.78, 5) is 0. The average Bonchev–Trinajstić information content (AvgIpc) is 2.81. The molecule has 2 atom stereocenters. The van der Waals surface area contributed by atoms with Crippen molar-refractivity contribution in [2.45, 2.75) is 52.4 Å². The Hall–Kier alpha value is -0.980. The van der Waals surface area contributed by atoms with E-state index in [4.69, 9.17) is 9.84 Å². The second kappa shape index (κ2) is 5.98. The molecule has 6 nitrogen and oxygen atoms in total. The van der Waals surface area contributed by atoms with E-state index in [9.17, 15) is 0 Å². The fourth-order valence-electron chi connectivity index (χ4n) is 2.57. The van der Waals surface area contributed by atoms with Crippen LogP contribution in [0.5, 0.6) is 0 Å². The van der Waals surface area contributed by atoms with Crippen molar-refractivity contribution in [3.8, 4) is 0 Å². The van der Waals surface area contributed by atoms with Crippen LogP contribution < -0.4 is 5.32 Å². The first-order valence-corrected chi connectivity index (χ1v) is 6.92. The monoisotopic (exact) mass is 268 g/mol. The highest BCUT2D eigenvalue weighted by molar-refractivity contribution is 5.04. The molecule has 1 heterocycles. The van der Waals surface area contributed by atoms with E-state index in [1.54, 1.807) is 4.68 Å². The van der Waals surface area contributed by atoms with Gasteiger partial charge in [-0.05, 0) is 13.3 Å². The molecule has 0 spiro atoms. The summed E-state index contributed by atoms with van der Waals surface area (Å²) in [5.41, 5.74) is 1.07. The Balaban J connectivity index is 1.80. The Labute approximate surface area is 114 Å². The molecule has 1 fully saturated rings. The highest BCUT2D eigenvalue weighted by Crippen LogP contribution is 2.42. The molecular weight excluding hydrogens is 244 g/mol. The van der Waals surface area contributed by atoms with Crippen LogP contribution >= 0.6 is 0 Å². The third-order valence-corrected chi connectivity index (χ3v) is 3.99. The number of aromatic nitrogens is 3. The van der Waals surface area contributed by atoms with E-state index in [0.29, 0.717) is 25.2 Å². The highest BCUT2D eigenvalue weighted by Gasteiger charge is 2.48. The third kappa shape index (κ3) is 3.13. The van der Waals surface area contributed by atoms with E-state index in [1.165, 1.54) is 0 Å². The summed E-state index contributed by atoms with van der Waals surface area (Å²) in [6, 6.07) is 0.451. The van der Waals surface area contributed by atoms with Crippen molar-refractivity contribution in [1.29, 1.82) is 0 Å². The lowest BCUT2D eigenvalue weighted by Crippen LogP contribution is -2.60. The predicted octanol–water partition coefficient (Wildman–Crippen LogP) is 0.564. The Morgan fingerprint density at radius 1 is 1.58 bits per heavy atom. The fourth-order valence-corrected chi connectivity index (χ4v) is 2.57. The molecule has 2 unspecified atom stereocenters. The van der Waals surface area contributed by atoms with Gasteiger partial charge >= 0.3 is 0 Å². The lowest BCUT2D eigenvalue weighted by Gasteiger charge is -2.51. The summed E-state index contributed by atoms with van der Waals surface area (Å²) < 4.78 is 7.37. The van der Waals surface area contributed by atoms with Crippen LogP contribution in [-0.2, 0) is 17.8 Å². The molecule has 2 N–H and O–H groups in total. The first-order chi connectivity index (χ1) is 9.07. The smallest absolute Gasteiger partial charge is 0.0964 e. The van der Waals surface area contributed by atoms with Gasteiger partial charge in [0, 0.05) is 30.8 Å². The van der Waals surface area contributed by atoms with Crippen molar-refractivity contribution in [2.75, 3.05) is 13.2 Å². The largest absolute Gasteiger partial charge is 0.394 e. The number of hydrogen-bond acceptors (Lipinski definition) is 5. The number of aliphatic hydroxyl groups is 1. The van der Waals surface area contributed by atoms with Gasteiger partial charge in [-0.3, -0.25) is 0 Å². The van der Waals surface area contributed by atoms with Crippen molar-refractivity contribution >= 4 is 0 Å². The molecule has 1 aromatic heterocycles. The first-order valence-electron chi connectivity index (χ1n) is 6.92. The normalized spacial score (nSPS) is 25.3. The summed E-state index contributed by atoms with van der Waals surface area (Å²) in [6.45, 7) is 8.56. The van der Waals surface area contributed by atoms with Crippen LogP contribution in [0, 0.1) is 5.41 Å². The van der Waals surface area contributed by atoms with Crippen LogP contribution in [0.4, 0.5) is 0 Å². The summed E-state index contributed by atoms with van der Waals surface area (Å²) in [5.74, 6) is 0. The number of nitrogens with zero attached hydrogens (tertiary/aromatic N) is 3. The van der Waals surface area contributed by atoms with E-state index in [2.05, 4.69) is 29.5 Å². The second-order valence-corrected chi connectivity index (χ2v) is 5.63. The van der Waals surface area contributed by atoms with E-state index >= 15 is 0 Å². The maximum Gasteiger partial charge on any atom is 0.0964 e. The molecule has 19 heavy (non-hydrogen) atoms. The van der Waals surface area contributed by atoms with Gasteiger partial charge < -0.3 is 15.2 Å². The van der Waals surface area contributed by atoms with Gasteiger partial charge in [0.2, 0.25) is 0 Å². The highest BCUT2D eigenvalue weighted by atomic mass is 16.5.